The fraction of sp³-hybridized carbons (Fsp3) is 0.458. The fourth-order valence-electron chi connectivity index (χ4n) is 4.01. The van der Waals surface area contributed by atoms with Gasteiger partial charge in [0.1, 0.15) is 5.78 Å². The van der Waals surface area contributed by atoms with Crippen LogP contribution in [0.25, 0.3) is 0 Å². The Hall–Kier alpha value is -2.04. The maximum Gasteiger partial charge on any atom is 0.161 e. The molecule has 156 valence electrons. The number of methoxy groups -OCH3 is 2. The zero-order valence-electron chi connectivity index (χ0n) is 17.3. The molecule has 0 aromatic heterocycles. The number of ether oxygens (including phenoxy) is 2. The van der Waals surface area contributed by atoms with Crippen molar-refractivity contribution in [2.75, 3.05) is 27.3 Å². The lowest BCUT2D eigenvalue weighted by molar-refractivity contribution is -0.122. The van der Waals surface area contributed by atoms with E-state index in [0.29, 0.717) is 18.0 Å². The van der Waals surface area contributed by atoms with E-state index in [2.05, 4.69) is 11.4 Å². The van der Waals surface area contributed by atoms with Crippen LogP contribution in [0, 0.1) is 5.92 Å². The molecule has 1 atom stereocenters. The Bertz CT molecular complexity index is 837. The van der Waals surface area contributed by atoms with Gasteiger partial charge in [0.25, 0.3) is 0 Å². The van der Waals surface area contributed by atoms with Gasteiger partial charge in [0, 0.05) is 17.4 Å². The number of aryl methyl sites for hydroxylation is 1. The predicted molar refractivity (Wildman–Crippen MR) is 117 cm³/mol. The van der Waals surface area contributed by atoms with Gasteiger partial charge in [0.15, 0.2) is 11.5 Å². The summed E-state index contributed by atoms with van der Waals surface area (Å²) in [5.41, 5.74) is 3.53. The summed E-state index contributed by atoms with van der Waals surface area (Å²) in [6.07, 6.45) is 5.21. The van der Waals surface area contributed by atoms with Crippen LogP contribution in [0.5, 0.6) is 11.5 Å². The van der Waals surface area contributed by atoms with E-state index in [9.17, 15) is 4.79 Å². The molecular weight excluding hydrogens is 386 g/mol. The maximum absolute atomic E-state index is 12.8. The van der Waals surface area contributed by atoms with Crippen LogP contribution in [0.15, 0.2) is 36.4 Å². The summed E-state index contributed by atoms with van der Waals surface area (Å²) in [5, 5.41) is 4.27. The molecule has 0 radical (unpaired) electrons. The third-order valence-electron chi connectivity index (χ3n) is 5.67. The number of carbonyl (C=O) groups excluding carboxylic acids is 1. The molecule has 0 spiro atoms. The number of rotatable bonds is 9. The molecule has 0 amide bonds. The van der Waals surface area contributed by atoms with Crippen molar-refractivity contribution < 1.29 is 14.3 Å². The van der Waals surface area contributed by atoms with E-state index in [1.54, 1.807) is 14.2 Å². The highest BCUT2D eigenvalue weighted by Gasteiger charge is 2.25. The number of halogens is 1. The molecule has 29 heavy (non-hydrogen) atoms. The molecule has 0 aliphatic heterocycles. The first-order valence-electron chi connectivity index (χ1n) is 10.3. The van der Waals surface area contributed by atoms with Gasteiger partial charge in [-0.1, -0.05) is 23.7 Å². The second-order valence-electron chi connectivity index (χ2n) is 7.63. The summed E-state index contributed by atoms with van der Waals surface area (Å²) in [5.74, 6) is 1.91. The van der Waals surface area contributed by atoms with Crippen molar-refractivity contribution in [1.29, 1.82) is 0 Å². The van der Waals surface area contributed by atoms with Crippen molar-refractivity contribution in [3.05, 3.63) is 58.1 Å². The quantitative estimate of drug-likeness (QED) is 0.478. The number of fused-ring (bicyclic) bond motifs is 1. The highest BCUT2D eigenvalue weighted by molar-refractivity contribution is 6.30. The number of benzene rings is 2. The third-order valence-corrected chi connectivity index (χ3v) is 5.91. The summed E-state index contributed by atoms with van der Waals surface area (Å²) < 4.78 is 10.8. The number of nitrogens with one attached hydrogen (secondary N) is 1. The van der Waals surface area contributed by atoms with Gasteiger partial charge < -0.3 is 14.8 Å². The van der Waals surface area contributed by atoms with Crippen LogP contribution in [0.1, 0.15) is 36.0 Å². The number of Topliss-reactive ketones (excluding diaryl/α,β-unsaturated/α-hetero) is 1. The van der Waals surface area contributed by atoms with Crippen LogP contribution in [0.4, 0.5) is 0 Å². The van der Waals surface area contributed by atoms with Crippen LogP contribution >= 0.6 is 11.6 Å². The van der Waals surface area contributed by atoms with E-state index in [1.807, 2.05) is 30.3 Å². The fourth-order valence-corrected chi connectivity index (χ4v) is 4.23. The highest BCUT2D eigenvalue weighted by atomic mass is 35.5. The molecule has 0 bridgehead atoms. The Balaban J connectivity index is 1.44. The molecule has 0 fully saturated rings. The lowest BCUT2D eigenvalue weighted by Crippen LogP contribution is -2.21. The van der Waals surface area contributed by atoms with Crippen LogP contribution in [0.3, 0.4) is 0 Å². The Morgan fingerprint density at radius 3 is 2.55 bits per heavy atom. The second kappa shape index (κ2) is 10.7. The molecule has 0 saturated carbocycles. The van der Waals surface area contributed by atoms with Gasteiger partial charge >= 0.3 is 0 Å². The van der Waals surface area contributed by atoms with Gasteiger partial charge in [-0.25, -0.2) is 0 Å². The van der Waals surface area contributed by atoms with Crippen molar-refractivity contribution in [3.8, 4) is 11.5 Å². The number of carbonyl (C=O) groups is 1. The first-order chi connectivity index (χ1) is 14.1. The lowest BCUT2D eigenvalue weighted by Gasteiger charge is -2.13. The summed E-state index contributed by atoms with van der Waals surface area (Å²) in [6, 6.07) is 12.0. The minimum atomic E-state index is 0.133. The van der Waals surface area contributed by atoms with E-state index in [-0.39, 0.29) is 5.92 Å². The Kier molecular flexibility index (Phi) is 7.96. The van der Waals surface area contributed by atoms with Gasteiger partial charge in [0.05, 0.1) is 14.2 Å². The topological polar surface area (TPSA) is 47.6 Å². The maximum atomic E-state index is 12.8. The zero-order chi connectivity index (χ0) is 20.6. The molecule has 3 rings (SSSR count). The van der Waals surface area contributed by atoms with Crippen molar-refractivity contribution >= 4 is 17.4 Å². The molecule has 1 unspecified atom stereocenters. The Morgan fingerprint density at radius 2 is 1.83 bits per heavy atom. The van der Waals surface area contributed by atoms with Gasteiger partial charge in [-0.05, 0) is 86.1 Å². The minimum absolute atomic E-state index is 0.133. The minimum Gasteiger partial charge on any atom is -0.493 e. The van der Waals surface area contributed by atoms with E-state index in [4.69, 9.17) is 21.1 Å². The molecule has 1 N–H and O–H groups in total. The van der Waals surface area contributed by atoms with Gasteiger partial charge in [-0.2, -0.15) is 0 Å². The first kappa shape index (κ1) is 21.7. The average molecular weight is 416 g/mol. The molecule has 1 aliphatic carbocycles. The van der Waals surface area contributed by atoms with Crippen LogP contribution < -0.4 is 14.8 Å². The lowest BCUT2D eigenvalue weighted by atomic mass is 9.93. The molecule has 4 nitrogen and oxygen atoms in total. The number of hydrogen-bond donors (Lipinski definition) is 1. The molecule has 0 saturated heterocycles. The summed E-state index contributed by atoms with van der Waals surface area (Å²) in [4.78, 5) is 12.8. The number of hydrogen-bond acceptors (Lipinski definition) is 4. The third kappa shape index (κ3) is 5.97. The molecular formula is C24H30ClNO3. The monoisotopic (exact) mass is 415 g/mol. The SMILES string of the molecule is COc1cc2c(cc1OC)CC(=O)C(CCCNCCc1cccc(Cl)c1)CC2. The highest BCUT2D eigenvalue weighted by Crippen LogP contribution is 2.34. The summed E-state index contributed by atoms with van der Waals surface area (Å²) in [7, 11) is 3.28. The Morgan fingerprint density at radius 1 is 1.07 bits per heavy atom. The smallest absolute Gasteiger partial charge is 0.161 e. The van der Waals surface area contributed by atoms with Gasteiger partial charge in [-0.3, -0.25) is 4.79 Å². The predicted octanol–water partition coefficient (Wildman–Crippen LogP) is 4.64. The largest absolute Gasteiger partial charge is 0.493 e. The zero-order valence-corrected chi connectivity index (χ0v) is 18.1. The van der Waals surface area contributed by atoms with Crippen LogP contribution in [-0.2, 0) is 24.1 Å². The number of ketones is 1. The molecule has 2 aromatic rings. The Labute approximate surface area is 178 Å². The van der Waals surface area contributed by atoms with Crippen molar-refractivity contribution in [1.82, 2.24) is 5.32 Å². The second-order valence-corrected chi connectivity index (χ2v) is 8.06. The van der Waals surface area contributed by atoms with Crippen LogP contribution in [-0.4, -0.2) is 33.1 Å². The van der Waals surface area contributed by atoms with E-state index < -0.39 is 0 Å². The first-order valence-corrected chi connectivity index (χ1v) is 10.7. The van der Waals surface area contributed by atoms with Crippen molar-refractivity contribution in [3.63, 3.8) is 0 Å². The standard InChI is InChI=1S/C24H30ClNO3/c1-28-23-15-19-9-8-18(22(27)14-20(19)16-24(23)29-2)6-4-11-26-12-10-17-5-3-7-21(25)13-17/h3,5,7,13,15-16,18,26H,4,6,8-12,14H2,1-2H3. The van der Waals surface area contributed by atoms with Gasteiger partial charge in [-0.15, -0.1) is 0 Å². The average Bonchev–Trinajstić information content (AvgIpc) is 2.87. The summed E-state index contributed by atoms with van der Waals surface area (Å²) in [6.45, 7) is 1.85. The molecule has 2 aromatic carbocycles. The molecule has 0 heterocycles. The van der Waals surface area contributed by atoms with E-state index in [1.165, 1.54) is 11.1 Å². The normalized spacial score (nSPS) is 16.2. The molecule has 5 heteroatoms. The van der Waals surface area contributed by atoms with Crippen LogP contribution in [0.2, 0.25) is 5.02 Å². The van der Waals surface area contributed by atoms with E-state index in [0.717, 1.165) is 61.5 Å². The molecule has 1 aliphatic rings. The van der Waals surface area contributed by atoms with Crippen molar-refractivity contribution in [2.45, 2.75) is 38.5 Å². The van der Waals surface area contributed by atoms with E-state index >= 15 is 0 Å². The van der Waals surface area contributed by atoms with Crippen molar-refractivity contribution in [2.24, 2.45) is 5.92 Å². The van der Waals surface area contributed by atoms with Gasteiger partial charge in [0.2, 0.25) is 0 Å². The summed E-state index contributed by atoms with van der Waals surface area (Å²) >= 11 is 6.02.